The van der Waals surface area contributed by atoms with Crippen molar-refractivity contribution in [3.8, 4) is 0 Å². The quantitative estimate of drug-likeness (QED) is 0.124. The van der Waals surface area contributed by atoms with Crippen molar-refractivity contribution in [3.63, 3.8) is 0 Å². The lowest BCUT2D eigenvalue weighted by Gasteiger charge is -2.63. The highest BCUT2D eigenvalue weighted by molar-refractivity contribution is 6.77. The number of nitrogens with zero attached hydrogens (tertiary/aromatic N) is 4. The van der Waals surface area contributed by atoms with E-state index >= 15 is 0 Å². The highest BCUT2D eigenvalue weighted by Crippen LogP contribution is 2.97. The van der Waals surface area contributed by atoms with Gasteiger partial charge in [0.2, 0.25) is 0 Å². The largest absolute Gasteiger partial charge is 0.347 e. The number of hydrogen-bond acceptors (Lipinski definition) is 13. The zero-order chi connectivity index (χ0) is 61.8. The van der Waals surface area contributed by atoms with E-state index < -0.39 is 56.5 Å². The van der Waals surface area contributed by atoms with Crippen molar-refractivity contribution in [2.24, 2.45) is 0 Å². The lowest BCUT2D eigenvalue weighted by Crippen LogP contribution is -2.66. The van der Waals surface area contributed by atoms with Gasteiger partial charge in [-0.1, -0.05) is 0 Å². The molecule has 474 valence electrons. The molecule has 9 saturated heterocycles. The second kappa shape index (κ2) is 11.5. The molecule has 0 amide bonds. The van der Waals surface area contributed by atoms with Crippen LogP contribution >= 0.6 is 0 Å². The summed E-state index contributed by atoms with van der Waals surface area (Å²) in [6.07, 6.45) is 6.69. The summed E-state index contributed by atoms with van der Waals surface area (Å²) in [5, 5.41) is 64.7. The molecule has 101 heavy (non-hydrogen) atoms. The number of hydrogen-bond donors (Lipinski definition) is 0. The molecule has 21 aromatic carbocycles. The molecule has 2 unspecified atom stereocenters. The predicted octanol–water partition coefficient (Wildman–Crippen LogP) is 14.2. The van der Waals surface area contributed by atoms with Gasteiger partial charge in [-0.15, -0.1) is 0 Å². The molecule has 0 radical (unpaired) electrons. The molecule has 21 aromatic rings. The SMILES string of the molecule is C1COC2(CCN([C@@]34C5=C6C7=C8C59OC95c9c3c3c%10c4c4c%11c%12c(c%13c%14c%15c(c%16c%17c%18c(c5c5c9c9c3c3c%19c%10c%11c%10c%11c%12c%14c%12c%14c%15c%17c%15c%17c%18c5c5c9c3c3c(c5%17)c(c%15%14)c(c%11%12)c3c%19%10)[C@]8%16N3CCC5(CC3)OCCO5)[C@]7%13N3CCC5(CC3)OCCO5)[C@]64N3CCC4(CC3)OCCO4)CC2)O1. The van der Waals surface area contributed by atoms with Crippen LogP contribution in [0.2, 0.25) is 0 Å². The summed E-state index contributed by atoms with van der Waals surface area (Å²) in [5.74, 6) is -2.35. The number of ether oxygens (including phenoxy) is 9. The van der Waals surface area contributed by atoms with Gasteiger partial charge in [0.25, 0.3) is 0 Å². The maximum absolute atomic E-state index is 9.51. The molecular formula is C88H48N4O9. The lowest BCUT2D eigenvalue weighted by atomic mass is 9.51. The van der Waals surface area contributed by atoms with Crippen LogP contribution < -0.4 is 0 Å². The minimum absolute atomic E-state index is 0.588. The third-order valence-electron chi connectivity index (χ3n) is 36.0. The maximum Gasteiger partial charge on any atom is 0.170 e. The molecule has 13 nitrogen and oxygen atoms in total. The molecule has 6 atom stereocenters. The van der Waals surface area contributed by atoms with E-state index in [1.54, 1.807) is 293 Å². The van der Waals surface area contributed by atoms with Crippen molar-refractivity contribution in [3.05, 3.63) is 77.9 Å². The first kappa shape index (κ1) is 45.5. The van der Waals surface area contributed by atoms with Gasteiger partial charge in [0.05, 0.1) is 75.0 Å². The van der Waals surface area contributed by atoms with Gasteiger partial charge in [-0.3, -0.25) is 19.6 Å². The van der Waals surface area contributed by atoms with E-state index in [0.717, 1.165) is 104 Å². The van der Waals surface area contributed by atoms with Crippen LogP contribution in [0.3, 0.4) is 0 Å². The second-order valence-electron chi connectivity index (χ2n) is 36.9. The van der Waals surface area contributed by atoms with Gasteiger partial charge < -0.3 is 42.6 Å². The summed E-state index contributed by atoms with van der Waals surface area (Å²) >= 11 is 0. The molecule has 20 aliphatic rings. The van der Waals surface area contributed by atoms with Crippen molar-refractivity contribution >= 4 is 215 Å². The maximum atomic E-state index is 9.51. The Morgan fingerprint density at radius 2 is 0.347 bits per heavy atom. The Morgan fingerprint density at radius 3 is 0.564 bits per heavy atom. The second-order valence-corrected chi connectivity index (χ2v) is 36.9. The summed E-state index contributed by atoms with van der Waals surface area (Å²) < 4.78 is 65.3. The first-order valence-corrected chi connectivity index (χ1v) is 39.1. The third kappa shape index (κ3) is 3.01. The van der Waals surface area contributed by atoms with Crippen LogP contribution in [-0.2, 0) is 70.4 Å². The monoisotopic (exact) mass is 1300 g/mol. The van der Waals surface area contributed by atoms with Gasteiger partial charge in [-0.25, -0.2) is 0 Å². The molecule has 0 N–H and O–H groups in total. The van der Waals surface area contributed by atoms with Gasteiger partial charge in [0, 0.05) is 126 Å². The number of rotatable bonds is 4. The topological polar surface area (TPSA) is 99.3 Å². The van der Waals surface area contributed by atoms with E-state index in [1.807, 2.05) is 0 Å². The molecule has 0 bridgehead atoms. The van der Waals surface area contributed by atoms with Gasteiger partial charge in [0.15, 0.2) is 34.4 Å². The first-order chi connectivity index (χ1) is 50.0. The Kier molecular flexibility index (Phi) is 5.18. The molecule has 0 saturated carbocycles. The average Bonchev–Trinajstić information content (AvgIpc) is 1.35. The fraction of sp³-hybridized carbons (Fsp3) is 0.386. The summed E-state index contributed by atoms with van der Waals surface area (Å²) in [6.45, 7) is 12.2. The summed E-state index contributed by atoms with van der Waals surface area (Å²) in [6, 6.07) is 0. The summed E-state index contributed by atoms with van der Waals surface area (Å²) in [7, 11) is 0. The highest BCUT2D eigenvalue weighted by Gasteiger charge is 2.96. The zero-order valence-electron chi connectivity index (χ0n) is 54.4. The molecular weight excluding hydrogens is 1260 g/mol. The Morgan fingerprint density at radius 1 is 0.178 bits per heavy atom. The average molecular weight is 1310 g/mol. The molecule has 9 heterocycles. The van der Waals surface area contributed by atoms with Crippen molar-refractivity contribution in [1.82, 2.24) is 19.6 Å². The molecule has 11 aliphatic carbocycles. The van der Waals surface area contributed by atoms with Gasteiger partial charge in [-0.05, 0) is 271 Å². The van der Waals surface area contributed by atoms with Crippen molar-refractivity contribution in [2.45, 2.75) is 108 Å². The standard InChI is InChI=1S/C88H48N4O9/c1-9-89(10-2-79(1)93-17-18-94-79)83-65-55-45-35-30-25-26-28-29-27(25)32-38-36(30)46(45)56-58-48(38)50-40(32)42-34(29)44-43-33(28)41-39-31(26)37(35)47-49(39)59-61-51(41)53(43)63-64-54(44)52(42)62-60(50)70-68(58)84(66(56)65,90-11-3-80(4-12-90)95-19-20-96-80)76-75(83)77-85(69(59)67(83)57(47)55,91-13-5-81(6-14-91)97-21-22-98-81)71(61)73(63)87-74(64)72(62)86(70,78(76)88(77,87)101-87)92-15-7-82(8-16-92)99-23-24-100-82/h1-24H2/t83-,84+,85-,86+,87?,88?. The number of epoxide rings is 1. The predicted molar refractivity (Wildman–Crippen MR) is 381 cm³/mol. The Hall–Kier alpha value is -7.54. The summed E-state index contributed by atoms with van der Waals surface area (Å²) in [5.41, 5.74) is 18.7. The number of likely N-dealkylation sites (tertiary alicyclic amines) is 4. The van der Waals surface area contributed by atoms with Crippen LogP contribution in [-0.4, -0.2) is 154 Å². The van der Waals surface area contributed by atoms with Crippen LogP contribution in [0.15, 0.2) is 22.3 Å². The van der Waals surface area contributed by atoms with Crippen molar-refractivity contribution in [2.75, 3.05) is 105 Å². The molecule has 9 fully saturated rings. The van der Waals surface area contributed by atoms with Crippen LogP contribution in [0.5, 0.6) is 0 Å². The van der Waals surface area contributed by atoms with Gasteiger partial charge >= 0.3 is 0 Å². The third-order valence-corrected chi connectivity index (χ3v) is 36.0. The van der Waals surface area contributed by atoms with E-state index in [4.69, 9.17) is 37.9 Å². The normalized spacial score (nSPS) is 35.5. The Labute approximate surface area is 565 Å². The van der Waals surface area contributed by atoms with E-state index in [-0.39, 0.29) is 0 Å². The molecule has 6 spiro atoms. The molecule has 13 heteroatoms. The minimum Gasteiger partial charge on any atom is -0.347 e. The zero-order valence-corrected chi connectivity index (χ0v) is 54.4. The van der Waals surface area contributed by atoms with Gasteiger partial charge in [-0.2, -0.15) is 0 Å². The van der Waals surface area contributed by atoms with Gasteiger partial charge in [0.1, 0.15) is 0 Å². The Balaban J connectivity index is 0.858. The van der Waals surface area contributed by atoms with E-state index in [1.165, 1.54) is 0 Å². The molecule has 0 aromatic heterocycles. The molecule has 9 aliphatic heterocycles. The number of piperidine rings is 4. The van der Waals surface area contributed by atoms with Crippen LogP contribution in [0.4, 0.5) is 0 Å². The smallest absolute Gasteiger partial charge is 0.170 e. The van der Waals surface area contributed by atoms with Crippen LogP contribution in [0, 0.1) is 0 Å². The lowest BCUT2D eigenvalue weighted by molar-refractivity contribution is -0.193. The first-order valence-electron chi connectivity index (χ1n) is 39.1. The van der Waals surface area contributed by atoms with Crippen molar-refractivity contribution < 1.29 is 42.6 Å². The van der Waals surface area contributed by atoms with E-state index in [9.17, 15) is 4.74 Å². The van der Waals surface area contributed by atoms with Crippen LogP contribution in [0.25, 0.3) is 215 Å². The summed E-state index contributed by atoms with van der Waals surface area (Å²) in [4.78, 5) is 12.8. The Bertz CT molecular complexity index is 7660. The molecule has 41 rings (SSSR count). The highest BCUT2D eigenvalue weighted by atomic mass is 16.8. The van der Waals surface area contributed by atoms with E-state index in [2.05, 4.69) is 19.6 Å². The van der Waals surface area contributed by atoms with Crippen LogP contribution in [0.1, 0.15) is 107 Å². The van der Waals surface area contributed by atoms with E-state index in [0.29, 0.717) is 52.9 Å². The number of benzene rings is 15. The minimum atomic E-state index is -0.845. The fourth-order valence-corrected chi connectivity index (χ4v) is 34.7. The fourth-order valence-electron chi connectivity index (χ4n) is 34.7. The van der Waals surface area contributed by atoms with Crippen molar-refractivity contribution in [1.29, 1.82) is 0 Å².